The molecule has 2 aromatic carbocycles. The molecule has 3 aromatic rings. The standard InChI is InChI=1S/C23H25F3N4O5/c1-15-20(30(18-6-4-3-5-7-18)29-21(15)34-11-10-31)28-22(32)27-13-17-12-16(14-33-2)8-9-19(17)35-23(24,25)26/h3-9,12,31H,10-11,13-14H2,1-2H3,(H2,27,28,32). The van der Waals surface area contributed by atoms with Crippen molar-refractivity contribution in [2.45, 2.75) is 26.4 Å². The van der Waals surface area contributed by atoms with Gasteiger partial charge in [0.1, 0.15) is 18.2 Å². The highest BCUT2D eigenvalue weighted by Crippen LogP contribution is 2.29. The second-order valence-electron chi connectivity index (χ2n) is 7.33. The van der Waals surface area contributed by atoms with Gasteiger partial charge in [0.05, 0.1) is 24.5 Å². The zero-order valence-electron chi connectivity index (χ0n) is 19.1. The molecule has 35 heavy (non-hydrogen) atoms. The molecule has 12 heteroatoms. The molecule has 0 aliphatic rings. The van der Waals surface area contributed by atoms with Crippen molar-refractivity contribution in [3.63, 3.8) is 0 Å². The first-order chi connectivity index (χ1) is 16.7. The topological polar surface area (TPSA) is 107 Å². The van der Waals surface area contributed by atoms with E-state index >= 15 is 0 Å². The third-order valence-corrected chi connectivity index (χ3v) is 4.74. The molecule has 2 amide bonds. The van der Waals surface area contributed by atoms with Gasteiger partial charge in [-0.15, -0.1) is 18.3 Å². The minimum Gasteiger partial charge on any atom is -0.474 e. The highest BCUT2D eigenvalue weighted by molar-refractivity contribution is 5.89. The number of carbonyl (C=O) groups excluding carboxylic acids is 1. The van der Waals surface area contributed by atoms with E-state index in [9.17, 15) is 18.0 Å². The van der Waals surface area contributed by atoms with Crippen LogP contribution in [0.3, 0.4) is 0 Å². The smallest absolute Gasteiger partial charge is 0.474 e. The number of urea groups is 1. The fourth-order valence-electron chi connectivity index (χ4n) is 3.24. The van der Waals surface area contributed by atoms with E-state index in [0.717, 1.165) is 0 Å². The highest BCUT2D eigenvalue weighted by Gasteiger charge is 2.32. The van der Waals surface area contributed by atoms with Gasteiger partial charge in [-0.3, -0.25) is 5.32 Å². The molecule has 3 rings (SSSR count). The molecule has 9 nitrogen and oxygen atoms in total. The summed E-state index contributed by atoms with van der Waals surface area (Å²) in [5, 5.41) is 18.6. The van der Waals surface area contributed by atoms with Crippen molar-refractivity contribution in [3.8, 4) is 17.3 Å². The minimum atomic E-state index is -4.88. The zero-order chi connectivity index (χ0) is 25.4. The summed E-state index contributed by atoms with van der Waals surface area (Å²) in [5.74, 6) is 0.0794. The molecule has 0 unspecified atom stereocenters. The number of methoxy groups -OCH3 is 1. The van der Waals surface area contributed by atoms with E-state index in [-0.39, 0.29) is 37.8 Å². The summed E-state index contributed by atoms with van der Waals surface area (Å²) in [6.45, 7) is 1.40. The van der Waals surface area contributed by atoms with Crippen molar-refractivity contribution in [3.05, 3.63) is 65.2 Å². The van der Waals surface area contributed by atoms with Crippen LogP contribution in [0.5, 0.6) is 11.6 Å². The molecule has 0 saturated heterocycles. The second-order valence-corrected chi connectivity index (χ2v) is 7.33. The van der Waals surface area contributed by atoms with Crippen molar-refractivity contribution < 1.29 is 37.3 Å². The monoisotopic (exact) mass is 494 g/mol. The van der Waals surface area contributed by atoms with Gasteiger partial charge in [0, 0.05) is 19.2 Å². The Labute approximate surface area is 199 Å². The van der Waals surface area contributed by atoms with Crippen LogP contribution in [0.1, 0.15) is 16.7 Å². The van der Waals surface area contributed by atoms with E-state index in [4.69, 9.17) is 14.6 Å². The number of aromatic nitrogens is 2. The molecule has 188 valence electrons. The van der Waals surface area contributed by atoms with Crippen molar-refractivity contribution >= 4 is 11.8 Å². The average Bonchev–Trinajstić information content (AvgIpc) is 3.12. The van der Waals surface area contributed by atoms with Gasteiger partial charge in [-0.2, -0.15) is 0 Å². The summed E-state index contributed by atoms with van der Waals surface area (Å²) in [7, 11) is 1.46. The van der Waals surface area contributed by atoms with E-state index in [1.165, 1.54) is 30.0 Å². The fourth-order valence-corrected chi connectivity index (χ4v) is 3.24. The van der Waals surface area contributed by atoms with Crippen molar-refractivity contribution in [1.29, 1.82) is 0 Å². The number of amides is 2. The molecule has 0 fully saturated rings. The maximum Gasteiger partial charge on any atom is 0.573 e. The number of halogens is 3. The molecule has 0 aliphatic heterocycles. The summed E-state index contributed by atoms with van der Waals surface area (Å²) in [6.07, 6.45) is -4.88. The van der Waals surface area contributed by atoms with E-state index in [0.29, 0.717) is 22.6 Å². The van der Waals surface area contributed by atoms with E-state index in [2.05, 4.69) is 20.5 Å². The zero-order valence-corrected chi connectivity index (χ0v) is 19.1. The lowest BCUT2D eigenvalue weighted by molar-refractivity contribution is -0.274. The van der Waals surface area contributed by atoms with Crippen LogP contribution in [0.2, 0.25) is 0 Å². The van der Waals surface area contributed by atoms with Crippen molar-refractivity contribution in [2.75, 3.05) is 25.6 Å². The van der Waals surface area contributed by atoms with Gasteiger partial charge in [0.15, 0.2) is 0 Å². The van der Waals surface area contributed by atoms with Gasteiger partial charge in [-0.05, 0) is 36.8 Å². The van der Waals surface area contributed by atoms with Gasteiger partial charge < -0.3 is 24.6 Å². The average molecular weight is 494 g/mol. The Morgan fingerprint density at radius 3 is 2.57 bits per heavy atom. The van der Waals surface area contributed by atoms with Crippen LogP contribution in [-0.4, -0.2) is 47.6 Å². The third kappa shape index (κ3) is 7.11. The molecule has 1 heterocycles. The Morgan fingerprint density at radius 2 is 1.91 bits per heavy atom. The molecule has 3 N–H and O–H groups in total. The number of ether oxygens (including phenoxy) is 3. The summed E-state index contributed by atoms with van der Waals surface area (Å²) in [6, 6.07) is 12.3. The first-order valence-corrected chi connectivity index (χ1v) is 10.5. The molecule has 0 bridgehead atoms. The maximum atomic E-state index is 12.8. The molecular formula is C23H25F3N4O5. The Hall–Kier alpha value is -3.77. The first-order valence-electron chi connectivity index (χ1n) is 10.5. The minimum absolute atomic E-state index is 0.0120. The Morgan fingerprint density at radius 1 is 1.17 bits per heavy atom. The van der Waals surface area contributed by atoms with Crippen LogP contribution in [-0.2, 0) is 17.9 Å². The Balaban J connectivity index is 1.81. The quantitative estimate of drug-likeness (QED) is 0.395. The van der Waals surface area contributed by atoms with E-state index < -0.39 is 18.1 Å². The number of aliphatic hydroxyl groups is 1. The van der Waals surface area contributed by atoms with Crippen LogP contribution >= 0.6 is 0 Å². The fraction of sp³-hybridized carbons (Fsp3) is 0.304. The number of benzene rings is 2. The molecule has 0 spiro atoms. The number of hydrogen-bond acceptors (Lipinski definition) is 6. The third-order valence-electron chi connectivity index (χ3n) is 4.74. The first kappa shape index (κ1) is 25.8. The van der Waals surface area contributed by atoms with Gasteiger partial charge >= 0.3 is 12.4 Å². The summed E-state index contributed by atoms with van der Waals surface area (Å²) in [5.41, 5.74) is 1.87. The molecule has 0 saturated carbocycles. The van der Waals surface area contributed by atoms with E-state index in [1.54, 1.807) is 31.2 Å². The van der Waals surface area contributed by atoms with Gasteiger partial charge in [-0.25, -0.2) is 9.48 Å². The second kappa shape index (κ2) is 11.6. The number of alkyl halides is 3. The maximum absolute atomic E-state index is 12.8. The largest absolute Gasteiger partial charge is 0.573 e. The molecule has 1 aromatic heterocycles. The summed E-state index contributed by atoms with van der Waals surface area (Å²) >= 11 is 0. The number of nitrogens with one attached hydrogen (secondary N) is 2. The lowest BCUT2D eigenvalue weighted by atomic mass is 10.1. The van der Waals surface area contributed by atoms with E-state index in [1.807, 2.05) is 6.07 Å². The lowest BCUT2D eigenvalue weighted by Crippen LogP contribution is -2.30. The van der Waals surface area contributed by atoms with Crippen LogP contribution < -0.4 is 20.1 Å². The van der Waals surface area contributed by atoms with Gasteiger partial charge in [-0.1, -0.05) is 24.3 Å². The predicted octanol–water partition coefficient (Wildman–Crippen LogP) is 3.92. The number of hydrogen-bond donors (Lipinski definition) is 3. The Bertz CT molecular complexity index is 1140. The number of rotatable bonds is 10. The number of carbonyl (C=O) groups is 1. The summed E-state index contributed by atoms with van der Waals surface area (Å²) in [4.78, 5) is 12.7. The normalized spacial score (nSPS) is 11.3. The van der Waals surface area contributed by atoms with Crippen LogP contribution in [0.25, 0.3) is 5.69 Å². The van der Waals surface area contributed by atoms with Crippen molar-refractivity contribution in [2.24, 2.45) is 0 Å². The van der Waals surface area contributed by atoms with Crippen LogP contribution in [0.15, 0.2) is 48.5 Å². The number of para-hydroxylation sites is 1. The lowest BCUT2D eigenvalue weighted by Gasteiger charge is -2.16. The van der Waals surface area contributed by atoms with Crippen LogP contribution in [0, 0.1) is 6.92 Å². The SMILES string of the molecule is COCc1ccc(OC(F)(F)F)c(CNC(=O)Nc2c(C)c(OCCO)nn2-c2ccccc2)c1. The molecular weight excluding hydrogens is 469 g/mol. The number of nitrogens with zero attached hydrogens (tertiary/aromatic N) is 2. The number of anilines is 1. The molecule has 0 radical (unpaired) electrons. The molecule has 0 atom stereocenters. The van der Waals surface area contributed by atoms with Gasteiger partial charge in [0.25, 0.3) is 0 Å². The van der Waals surface area contributed by atoms with Crippen molar-refractivity contribution in [1.82, 2.24) is 15.1 Å². The van der Waals surface area contributed by atoms with Crippen LogP contribution in [0.4, 0.5) is 23.8 Å². The Kier molecular flexibility index (Phi) is 8.55. The molecule has 0 aliphatic carbocycles. The number of aliphatic hydroxyl groups excluding tert-OH is 1. The highest BCUT2D eigenvalue weighted by atomic mass is 19.4. The predicted molar refractivity (Wildman–Crippen MR) is 121 cm³/mol. The van der Waals surface area contributed by atoms with Gasteiger partial charge in [0.2, 0.25) is 5.88 Å². The summed E-state index contributed by atoms with van der Waals surface area (Å²) < 4.78 is 54.5.